The first-order valence-corrected chi connectivity index (χ1v) is 5.51. The molecule has 104 valence electrons. The first-order chi connectivity index (χ1) is 8.81. The van der Waals surface area contributed by atoms with Gasteiger partial charge in [0.2, 0.25) is 5.91 Å². The predicted molar refractivity (Wildman–Crippen MR) is 63.3 cm³/mol. The second-order valence-corrected chi connectivity index (χ2v) is 4.11. The highest BCUT2D eigenvalue weighted by Gasteiger charge is 2.21. The number of carbonyl (C=O) groups excluding carboxylic acids is 1. The van der Waals surface area contributed by atoms with Gasteiger partial charge in [-0.3, -0.25) is 9.59 Å². The molecule has 0 aliphatic rings. The minimum Gasteiger partial charge on any atom is -0.481 e. The fraction of sp³-hybridized carbons (Fsp3) is 0.500. The van der Waals surface area contributed by atoms with E-state index in [0.717, 1.165) is 4.68 Å². The summed E-state index contributed by atoms with van der Waals surface area (Å²) in [5.74, 6) is -2.54. The van der Waals surface area contributed by atoms with Crippen LogP contribution in [0.2, 0.25) is 0 Å². The van der Waals surface area contributed by atoms with E-state index < -0.39 is 28.8 Å². The fourth-order valence-corrected chi connectivity index (χ4v) is 1.32. The Balaban J connectivity index is 2.55. The molecule has 1 aromatic rings. The molecule has 1 aromatic heterocycles. The number of carboxylic acid groups (broad SMARTS) is 1. The molecule has 2 unspecified atom stereocenters. The Hall–Kier alpha value is -2.45. The maximum absolute atomic E-state index is 11.6. The normalized spacial score (nSPS) is 13.6. The van der Waals surface area contributed by atoms with Crippen LogP contribution in [0.5, 0.6) is 0 Å². The van der Waals surface area contributed by atoms with Crippen LogP contribution in [0.4, 0.5) is 5.82 Å². The van der Waals surface area contributed by atoms with Crippen molar-refractivity contribution in [2.45, 2.75) is 26.4 Å². The van der Waals surface area contributed by atoms with Crippen molar-refractivity contribution in [2.75, 3.05) is 0 Å². The summed E-state index contributed by atoms with van der Waals surface area (Å²) in [4.78, 5) is 32.1. The Morgan fingerprint density at radius 1 is 1.58 bits per heavy atom. The van der Waals surface area contributed by atoms with Gasteiger partial charge in [-0.05, 0) is 18.8 Å². The molecule has 1 amide bonds. The maximum Gasteiger partial charge on any atom is 0.389 e. The number of carbonyl (C=O) groups is 2. The van der Waals surface area contributed by atoms with E-state index in [0.29, 0.717) is 0 Å². The molecule has 0 spiro atoms. The van der Waals surface area contributed by atoms with Crippen LogP contribution < -0.4 is 5.32 Å². The third kappa shape index (κ3) is 4.05. The van der Waals surface area contributed by atoms with Crippen LogP contribution in [0.1, 0.15) is 13.8 Å². The van der Waals surface area contributed by atoms with Gasteiger partial charge in [0.15, 0.2) is 0 Å². The van der Waals surface area contributed by atoms with Crippen molar-refractivity contribution in [1.82, 2.24) is 15.1 Å². The largest absolute Gasteiger partial charge is 0.481 e. The average molecular weight is 270 g/mol. The molecule has 0 bridgehead atoms. The SMILES string of the molecule is CC(NC(=O)Cn1ccc([N+](=O)[O-])n1)C(C)C(=O)O. The van der Waals surface area contributed by atoms with Crippen LogP contribution in [0.15, 0.2) is 12.3 Å². The predicted octanol–water partition coefficient (Wildman–Crippen LogP) is 0.0167. The summed E-state index contributed by atoms with van der Waals surface area (Å²) in [5.41, 5.74) is 0. The first kappa shape index (κ1) is 14.6. The zero-order valence-electron chi connectivity index (χ0n) is 10.4. The van der Waals surface area contributed by atoms with Crippen LogP contribution in [0.3, 0.4) is 0 Å². The van der Waals surface area contributed by atoms with Crippen molar-refractivity contribution >= 4 is 17.7 Å². The highest BCUT2D eigenvalue weighted by molar-refractivity contribution is 5.77. The number of aromatic nitrogens is 2. The van der Waals surface area contributed by atoms with E-state index in [4.69, 9.17) is 5.11 Å². The van der Waals surface area contributed by atoms with Crippen molar-refractivity contribution in [3.8, 4) is 0 Å². The van der Waals surface area contributed by atoms with Gasteiger partial charge >= 0.3 is 11.8 Å². The van der Waals surface area contributed by atoms with Crippen molar-refractivity contribution in [3.05, 3.63) is 22.4 Å². The summed E-state index contributed by atoms with van der Waals surface area (Å²) >= 11 is 0. The highest BCUT2D eigenvalue weighted by atomic mass is 16.6. The highest BCUT2D eigenvalue weighted by Crippen LogP contribution is 2.05. The third-order valence-corrected chi connectivity index (χ3v) is 2.65. The van der Waals surface area contributed by atoms with Crippen LogP contribution in [0, 0.1) is 16.0 Å². The minimum atomic E-state index is -1.01. The summed E-state index contributed by atoms with van der Waals surface area (Å²) in [7, 11) is 0. The van der Waals surface area contributed by atoms with Gasteiger partial charge in [-0.1, -0.05) is 0 Å². The van der Waals surface area contributed by atoms with E-state index in [1.54, 1.807) is 6.92 Å². The van der Waals surface area contributed by atoms with Gasteiger partial charge in [0.05, 0.1) is 23.3 Å². The van der Waals surface area contributed by atoms with E-state index in [-0.39, 0.29) is 12.4 Å². The third-order valence-electron chi connectivity index (χ3n) is 2.65. The summed E-state index contributed by atoms with van der Waals surface area (Å²) in [6, 6.07) is 0.631. The molecule has 0 radical (unpaired) electrons. The molecule has 9 heteroatoms. The summed E-state index contributed by atoms with van der Waals surface area (Å²) < 4.78 is 1.12. The van der Waals surface area contributed by atoms with Crippen molar-refractivity contribution < 1.29 is 19.6 Å². The molecule has 0 aromatic carbocycles. The molecule has 2 atom stereocenters. The molecular weight excluding hydrogens is 256 g/mol. The van der Waals surface area contributed by atoms with Gasteiger partial charge in [0, 0.05) is 6.04 Å². The Morgan fingerprint density at radius 3 is 2.68 bits per heavy atom. The molecule has 0 aliphatic carbocycles. The lowest BCUT2D eigenvalue weighted by molar-refractivity contribution is -0.389. The number of nitrogens with one attached hydrogen (secondary N) is 1. The molecule has 0 aliphatic heterocycles. The van der Waals surface area contributed by atoms with Crippen LogP contribution >= 0.6 is 0 Å². The number of aliphatic carboxylic acids is 1. The Labute approximate surface area is 108 Å². The molecule has 0 fully saturated rings. The minimum absolute atomic E-state index is 0.204. The Morgan fingerprint density at radius 2 is 2.21 bits per heavy atom. The lowest BCUT2D eigenvalue weighted by atomic mass is 10.0. The maximum atomic E-state index is 11.6. The quantitative estimate of drug-likeness (QED) is 0.554. The second-order valence-electron chi connectivity index (χ2n) is 4.11. The molecule has 2 N–H and O–H groups in total. The van der Waals surface area contributed by atoms with Crippen LogP contribution in [0.25, 0.3) is 0 Å². The van der Waals surface area contributed by atoms with Crippen LogP contribution in [-0.2, 0) is 16.1 Å². The summed E-state index contributed by atoms with van der Waals surface area (Å²) in [6.45, 7) is 2.85. The van der Waals surface area contributed by atoms with Crippen molar-refractivity contribution in [2.24, 2.45) is 5.92 Å². The standard InChI is InChI=1S/C10H14N4O5/c1-6(10(16)17)7(2)11-9(15)5-13-4-3-8(12-13)14(18)19/h3-4,6-7H,5H2,1-2H3,(H,11,15)(H,16,17). The topological polar surface area (TPSA) is 127 Å². The fourth-order valence-electron chi connectivity index (χ4n) is 1.32. The summed E-state index contributed by atoms with van der Waals surface area (Å²) in [5, 5.41) is 25.3. The first-order valence-electron chi connectivity index (χ1n) is 5.51. The second kappa shape index (κ2) is 5.94. The number of nitrogens with zero attached hydrogens (tertiary/aromatic N) is 3. The Kier molecular flexibility index (Phi) is 4.56. The monoisotopic (exact) mass is 270 g/mol. The molecule has 1 rings (SSSR count). The van der Waals surface area contributed by atoms with E-state index >= 15 is 0 Å². The average Bonchev–Trinajstić information content (AvgIpc) is 2.76. The lowest BCUT2D eigenvalue weighted by Crippen LogP contribution is -2.41. The molecule has 0 saturated carbocycles. The summed E-state index contributed by atoms with van der Waals surface area (Å²) in [6.07, 6.45) is 1.31. The molecule has 19 heavy (non-hydrogen) atoms. The van der Waals surface area contributed by atoms with E-state index in [1.165, 1.54) is 19.2 Å². The van der Waals surface area contributed by atoms with Gasteiger partial charge in [-0.15, -0.1) is 0 Å². The van der Waals surface area contributed by atoms with E-state index in [1.807, 2.05) is 0 Å². The zero-order chi connectivity index (χ0) is 14.6. The number of amides is 1. The van der Waals surface area contributed by atoms with E-state index in [2.05, 4.69) is 10.4 Å². The van der Waals surface area contributed by atoms with Crippen molar-refractivity contribution in [1.29, 1.82) is 0 Å². The van der Waals surface area contributed by atoms with Gasteiger partial charge in [0.1, 0.15) is 6.54 Å². The lowest BCUT2D eigenvalue weighted by Gasteiger charge is -2.17. The number of rotatable bonds is 6. The number of nitro groups is 1. The molecular formula is C10H14N4O5. The van der Waals surface area contributed by atoms with Gasteiger partial charge < -0.3 is 20.5 Å². The number of hydrogen-bond acceptors (Lipinski definition) is 5. The number of carboxylic acids is 1. The molecule has 9 nitrogen and oxygen atoms in total. The van der Waals surface area contributed by atoms with Gasteiger partial charge in [-0.2, -0.15) is 4.68 Å². The van der Waals surface area contributed by atoms with Gasteiger partial charge in [0.25, 0.3) is 0 Å². The zero-order valence-corrected chi connectivity index (χ0v) is 10.4. The smallest absolute Gasteiger partial charge is 0.389 e. The molecule has 0 saturated heterocycles. The molecule has 1 heterocycles. The Bertz CT molecular complexity index is 498. The van der Waals surface area contributed by atoms with Crippen molar-refractivity contribution in [3.63, 3.8) is 0 Å². The van der Waals surface area contributed by atoms with E-state index in [9.17, 15) is 19.7 Å². The van der Waals surface area contributed by atoms with Gasteiger partial charge in [-0.25, -0.2) is 0 Å². The number of hydrogen-bond donors (Lipinski definition) is 2. The van der Waals surface area contributed by atoms with Crippen LogP contribution in [-0.4, -0.2) is 37.7 Å².